The van der Waals surface area contributed by atoms with E-state index in [1.807, 2.05) is 43.5 Å². The summed E-state index contributed by atoms with van der Waals surface area (Å²) < 4.78 is 1.77. The van der Waals surface area contributed by atoms with Crippen LogP contribution in [0.15, 0.2) is 85.3 Å². The van der Waals surface area contributed by atoms with Crippen molar-refractivity contribution in [3.05, 3.63) is 102 Å². The zero-order valence-corrected chi connectivity index (χ0v) is 20.4. The Morgan fingerprint density at radius 1 is 0.917 bits per heavy atom. The van der Waals surface area contributed by atoms with Gasteiger partial charge in [0, 0.05) is 24.0 Å². The van der Waals surface area contributed by atoms with Crippen LogP contribution in [0.5, 0.6) is 0 Å². The summed E-state index contributed by atoms with van der Waals surface area (Å²) in [4.78, 5) is 19.9. The van der Waals surface area contributed by atoms with E-state index < -0.39 is 0 Å². The molecule has 36 heavy (non-hydrogen) atoms. The van der Waals surface area contributed by atoms with Gasteiger partial charge in [0.1, 0.15) is 12.2 Å². The van der Waals surface area contributed by atoms with Crippen molar-refractivity contribution in [2.24, 2.45) is 0 Å². The zero-order valence-electron chi connectivity index (χ0n) is 20.4. The molecule has 0 aliphatic carbocycles. The van der Waals surface area contributed by atoms with Crippen molar-refractivity contribution in [2.45, 2.75) is 19.9 Å². The molecular weight excluding hydrogens is 446 g/mol. The highest BCUT2D eigenvalue weighted by molar-refractivity contribution is 5.85. The standard InChI is InChI=1S/C29H27N7/c1-20-7-5-12-25(32-20)29-28(23-13-14-27-30-19-31-36(27)17-23)33-26(34-29)18-35(2)16-15-22-10-6-9-21-8-3-4-11-24(21)22/h3-14,17,19H,15-16,18H2,1-2H3,(H,33,34). The number of hydrogen-bond acceptors (Lipinski definition) is 5. The topological polar surface area (TPSA) is 75.0 Å². The summed E-state index contributed by atoms with van der Waals surface area (Å²) in [6.45, 7) is 3.63. The lowest BCUT2D eigenvalue weighted by atomic mass is 10.0. The predicted molar refractivity (Wildman–Crippen MR) is 143 cm³/mol. The predicted octanol–water partition coefficient (Wildman–Crippen LogP) is 5.32. The van der Waals surface area contributed by atoms with Crippen molar-refractivity contribution in [1.29, 1.82) is 0 Å². The second kappa shape index (κ2) is 9.36. The molecule has 0 saturated heterocycles. The molecule has 0 aliphatic heterocycles. The van der Waals surface area contributed by atoms with Gasteiger partial charge in [-0.3, -0.25) is 9.88 Å². The summed E-state index contributed by atoms with van der Waals surface area (Å²) in [5.41, 5.74) is 6.75. The van der Waals surface area contributed by atoms with Gasteiger partial charge >= 0.3 is 0 Å². The molecule has 0 saturated carbocycles. The van der Waals surface area contributed by atoms with Crippen LogP contribution in [0.1, 0.15) is 17.1 Å². The Balaban J connectivity index is 1.28. The third-order valence-corrected chi connectivity index (χ3v) is 6.51. The minimum absolute atomic E-state index is 0.704. The highest BCUT2D eigenvalue weighted by Gasteiger charge is 2.17. The normalized spacial score (nSPS) is 11.6. The number of H-pyrrole nitrogens is 1. The van der Waals surface area contributed by atoms with E-state index in [4.69, 9.17) is 9.97 Å². The Hall–Kier alpha value is -4.36. The molecule has 0 fully saturated rings. The molecule has 0 bridgehead atoms. The smallest absolute Gasteiger partial charge is 0.155 e. The Labute approximate surface area is 209 Å². The lowest BCUT2D eigenvalue weighted by Gasteiger charge is -2.16. The average molecular weight is 474 g/mol. The second-order valence-electron chi connectivity index (χ2n) is 9.18. The lowest BCUT2D eigenvalue weighted by Crippen LogP contribution is -2.21. The molecule has 6 rings (SSSR count). The van der Waals surface area contributed by atoms with E-state index in [-0.39, 0.29) is 0 Å². The van der Waals surface area contributed by atoms with E-state index in [2.05, 4.69) is 69.5 Å². The van der Waals surface area contributed by atoms with Gasteiger partial charge in [-0.1, -0.05) is 48.5 Å². The van der Waals surface area contributed by atoms with Gasteiger partial charge in [-0.25, -0.2) is 14.5 Å². The van der Waals surface area contributed by atoms with E-state index in [1.165, 1.54) is 16.3 Å². The maximum Gasteiger partial charge on any atom is 0.155 e. The van der Waals surface area contributed by atoms with Gasteiger partial charge in [0.15, 0.2) is 5.65 Å². The number of likely N-dealkylation sites (N-methyl/N-ethyl adjacent to an activating group) is 1. The Kier molecular flexibility index (Phi) is 5.75. The SMILES string of the molecule is Cc1cccc(-c2[nH]c(CN(C)CCc3cccc4ccccc34)nc2-c2ccc3ncnn3c2)n1. The average Bonchev–Trinajstić information content (AvgIpc) is 3.54. The fraction of sp³-hybridized carbons (Fsp3) is 0.172. The maximum absolute atomic E-state index is 5.02. The van der Waals surface area contributed by atoms with Crippen LogP contribution in [0.3, 0.4) is 0 Å². The number of nitrogens with zero attached hydrogens (tertiary/aromatic N) is 6. The van der Waals surface area contributed by atoms with Gasteiger partial charge in [-0.05, 0) is 61.0 Å². The largest absolute Gasteiger partial charge is 0.339 e. The van der Waals surface area contributed by atoms with Crippen LogP contribution in [0, 0.1) is 6.92 Å². The maximum atomic E-state index is 5.02. The Morgan fingerprint density at radius 2 is 1.78 bits per heavy atom. The molecule has 0 aliphatic rings. The van der Waals surface area contributed by atoms with Crippen LogP contribution in [-0.4, -0.2) is 48.0 Å². The van der Waals surface area contributed by atoms with Crippen LogP contribution in [0.25, 0.3) is 39.1 Å². The van der Waals surface area contributed by atoms with Gasteiger partial charge in [0.2, 0.25) is 0 Å². The summed E-state index contributed by atoms with van der Waals surface area (Å²) >= 11 is 0. The van der Waals surface area contributed by atoms with E-state index in [9.17, 15) is 0 Å². The fourth-order valence-corrected chi connectivity index (χ4v) is 4.69. The molecule has 2 aromatic carbocycles. The second-order valence-corrected chi connectivity index (χ2v) is 9.18. The molecule has 1 N–H and O–H groups in total. The van der Waals surface area contributed by atoms with E-state index in [0.29, 0.717) is 6.54 Å². The molecule has 7 nitrogen and oxygen atoms in total. The van der Waals surface area contributed by atoms with Crippen molar-refractivity contribution in [3.63, 3.8) is 0 Å². The van der Waals surface area contributed by atoms with Crippen LogP contribution in [0.4, 0.5) is 0 Å². The van der Waals surface area contributed by atoms with Gasteiger partial charge in [-0.15, -0.1) is 0 Å². The monoisotopic (exact) mass is 473 g/mol. The first-order chi connectivity index (χ1) is 17.6. The molecule has 4 aromatic heterocycles. The van der Waals surface area contributed by atoms with Crippen LogP contribution < -0.4 is 0 Å². The molecule has 0 atom stereocenters. The first-order valence-electron chi connectivity index (χ1n) is 12.1. The van der Waals surface area contributed by atoms with Crippen molar-refractivity contribution < 1.29 is 0 Å². The summed E-state index contributed by atoms with van der Waals surface area (Å²) in [5, 5.41) is 6.90. The summed E-state index contributed by atoms with van der Waals surface area (Å²) in [7, 11) is 2.14. The number of benzene rings is 2. The number of pyridine rings is 2. The van der Waals surface area contributed by atoms with Gasteiger partial charge in [0.05, 0.1) is 23.6 Å². The highest BCUT2D eigenvalue weighted by atomic mass is 15.3. The van der Waals surface area contributed by atoms with Crippen molar-refractivity contribution in [2.75, 3.05) is 13.6 Å². The summed E-state index contributed by atoms with van der Waals surface area (Å²) in [6, 6.07) is 25.2. The molecular formula is C29H27N7. The first-order valence-corrected chi connectivity index (χ1v) is 12.1. The molecule has 0 radical (unpaired) electrons. The number of aromatic nitrogens is 6. The number of nitrogens with one attached hydrogen (secondary N) is 1. The molecule has 4 heterocycles. The van der Waals surface area contributed by atoms with Crippen molar-refractivity contribution in [1.82, 2.24) is 34.4 Å². The third-order valence-electron chi connectivity index (χ3n) is 6.51. The van der Waals surface area contributed by atoms with Crippen molar-refractivity contribution >= 4 is 16.4 Å². The molecule has 0 amide bonds. The van der Waals surface area contributed by atoms with Gasteiger partial charge < -0.3 is 4.98 Å². The number of aryl methyl sites for hydroxylation is 1. The van der Waals surface area contributed by atoms with E-state index >= 15 is 0 Å². The fourth-order valence-electron chi connectivity index (χ4n) is 4.69. The zero-order chi connectivity index (χ0) is 24.5. The molecule has 0 spiro atoms. The number of hydrogen-bond donors (Lipinski definition) is 1. The highest BCUT2D eigenvalue weighted by Crippen LogP contribution is 2.30. The molecule has 178 valence electrons. The minimum Gasteiger partial charge on any atom is -0.339 e. The quantitative estimate of drug-likeness (QED) is 0.340. The van der Waals surface area contributed by atoms with Crippen LogP contribution >= 0.6 is 0 Å². The van der Waals surface area contributed by atoms with Crippen LogP contribution in [-0.2, 0) is 13.0 Å². The number of fused-ring (bicyclic) bond motifs is 2. The van der Waals surface area contributed by atoms with Crippen molar-refractivity contribution in [3.8, 4) is 22.6 Å². The van der Waals surface area contributed by atoms with E-state index in [0.717, 1.165) is 52.8 Å². The van der Waals surface area contributed by atoms with Gasteiger partial charge in [-0.2, -0.15) is 5.10 Å². The Morgan fingerprint density at radius 3 is 2.69 bits per heavy atom. The lowest BCUT2D eigenvalue weighted by molar-refractivity contribution is 0.324. The first kappa shape index (κ1) is 22.1. The third kappa shape index (κ3) is 4.36. The summed E-state index contributed by atoms with van der Waals surface area (Å²) in [5.74, 6) is 0.905. The number of rotatable bonds is 7. The van der Waals surface area contributed by atoms with Gasteiger partial charge in [0.25, 0.3) is 0 Å². The number of aromatic amines is 1. The molecule has 6 aromatic rings. The number of imidazole rings is 1. The van der Waals surface area contributed by atoms with E-state index in [1.54, 1.807) is 10.8 Å². The molecule has 7 heteroatoms. The Bertz CT molecular complexity index is 1660. The minimum atomic E-state index is 0.704. The molecule has 0 unspecified atom stereocenters. The van der Waals surface area contributed by atoms with Crippen LogP contribution in [0.2, 0.25) is 0 Å². The summed E-state index contributed by atoms with van der Waals surface area (Å²) in [6.07, 6.45) is 4.50.